The van der Waals surface area contributed by atoms with Gasteiger partial charge in [-0.25, -0.2) is 4.98 Å². The molecule has 0 radical (unpaired) electrons. The Kier molecular flexibility index (Phi) is 9.02. The number of fused-ring (bicyclic) bond motifs is 1. The highest BCUT2D eigenvalue weighted by Gasteiger charge is 2.11. The molecular weight excluding hydrogens is 392 g/mol. The summed E-state index contributed by atoms with van der Waals surface area (Å²) in [6, 6.07) is 5.96. The first kappa shape index (κ1) is 21.9. The van der Waals surface area contributed by atoms with Gasteiger partial charge in [0, 0.05) is 36.8 Å². The molecule has 0 aliphatic heterocycles. The van der Waals surface area contributed by atoms with Crippen molar-refractivity contribution < 1.29 is 4.74 Å². The molecule has 0 bridgehead atoms. The van der Waals surface area contributed by atoms with Crippen LogP contribution in [0.3, 0.4) is 0 Å². The summed E-state index contributed by atoms with van der Waals surface area (Å²) < 4.78 is 6.03. The van der Waals surface area contributed by atoms with Gasteiger partial charge in [0.05, 0.1) is 23.9 Å². The standard InChI is InChI=1S/C18H21BrN4O.C2H6/c1-12(9-15(19)10-20-23(3)4)13(2)18-21-16-8-6-7-14(11-24-5)17(16)22-18;1-2/h6-10H,1-2,11H2,3-5H3,(H,21,22);1-2H3/b15-9+,20-10-;. The highest BCUT2D eigenvalue weighted by Crippen LogP contribution is 2.25. The summed E-state index contributed by atoms with van der Waals surface area (Å²) in [5, 5.41) is 5.87. The Bertz CT molecular complexity index is 818. The Hall–Kier alpha value is -2.18. The number of methoxy groups -OCH3 is 1. The molecule has 0 aliphatic carbocycles. The van der Waals surface area contributed by atoms with Gasteiger partial charge in [-0.05, 0) is 33.6 Å². The smallest absolute Gasteiger partial charge is 0.138 e. The molecule has 0 amide bonds. The number of benzene rings is 1. The number of para-hydroxylation sites is 1. The van der Waals surface area contributed by atoms with Crippen LogP contribution in [0, 0.1) is 0 Å². The number of nitrogens with zero attached hydrogens (tertiary/aromatic N) is 3. The minimum atomic E-state index is 0.515. The van der Waals surface area contributed by atoms with Gasteiger partial charge in [0.25, 0.3) is 0 Å². The van der Waals surface area contributed by atoms with E-state index in [2.05, 4.69) is 44.2 Å². The van der Waals surface area contributed by atoms with E-state index >= 15 is 0 Å². The lowest BCUT2D eigenvalue weighted by Gasteiger charge is -2.04. The number of aromatic nitrogens is 2. The van der Waals surface area contributed by atoms with Crippen LogP contribution in [0.15, 0.2) is 52.6 Å². The van der Waals surface area contributed by atoms with Gasteiger partial charge < -0.3 is 14.7 Å². The molecule has 0 atom stereocenters. The lowest BCUT2D eigenvalue weighted by molar-refractivity contribution is 0.186. The Morgan fingerprint density at radius 3 is 2.65 bits per heavy atom. The molecule has 1 N–H and O–H groups in total. The van der Waals surface area contributed by atoms with Crippen LogP contribution < -0.4 is 0 Å². The van der Waals surface area contributed by atoms with Crippen molar-refractivity contribution in [3.8, 4) is 0 Å². The molecule has 26 heavy (non-hydrogen) atoms. The van der Waals surface area contributed by atoms with Crippen LogP contribution >= 0.6 is 15.9 Å². The van der Waals surface area contributed by atoms with E-state index in [-0.39, 0.29) is 0 Å². The predicted octanol–water partition coefficient (Wildman–Crippen LogP) is 5.13. The third-order valence-electron chi connectivity index (χ3n) is 3.29. The van der Waals surface area contributed by atoms with Gasteiger partial charge in [-0.1, -0.05) is 39.1 Å². The highest BCUT2D eigenvalue weighted by atomic mass is 79.9. The van der Waals surface area contributed by atoms with Crippen LogP contribution in [0.2, 0.25) is 0 Å². The van der Waals surface area contributed by atoms with Gasteiger partial charge in [-0.2, -0.15) is 5.10 Å². The van der Waals surface area contributed by atoms with E-state index in [1.54, 1.807) is 18.3 Å². The van der Waals surface area contributed by atoms with E-state index in [1.165, 1.54) is 0 Å². The Labute approximate surface area is 164 Å². The van der Waals surface area contributed by atoms with Crippen molar-refractivity contribution >= 4 is 38.8 Å². The second-order valence-electron chi connectivity index (χ2n) is 5.46. The van der Waals surface area contributed by atoms with Crippen molar-refractivity contribution in [2.24, 2.45) is 5.10 Å². The lowest BCUT2D eigenvalue weighted by Crippen LogP contribution is -2.01. The van der Waals surface area contributed by atoms with Crippen molar-refractivity contribution in [1.82, 2.24) is 15.0 Å². The molecule has 0 unspecified atom stereocenters. The van der Waals surface area contributed by atoms with Crippen LogP contribution in [0.1, 0.15) is 25.2 Å². The minimum absolute atomic E-state index is 0.515. The number of ether oxygens (including phenoxy) is 1. The zero-order valence-electron chi connectivity index (χ0n) is 16.1. The highest BCUT2D eigenvalue weighted by molar-refractivity contribution is 9.12. The van der Waals surface area contributed by atoms with Crippen molar-refractivity contribution in [1.29, 1.82) is 0 Å². The number of hydrazone groups is 1. The molecule has 0 fully saturated rings. The summed E-state index contributed by atoms with van der Waals surface area (Å²) in [4.78, 5) is 7.94. The molecule has 6 heteroatoms. The van der Waals surface area contributed by atoms with Crippen molar-refractivity contribution in [2.45, 2.75) is 20.5 Å². The summed E-state index contributed by atoms with van der Waals surface area (Å²) in [7, 11) is 5.39. The SMILES string of the molecule is C=C(/C=C(Br)\C=N/N(C)C)C(=C)c1nc2c(COC)cccc2[nH]1.CC. The van der Waals surface area contributed by atoms with Crippen LogP contribution in [0.25, 0.3) is 16.6 Å². The molecule has 1 aromatic carbocycles. The number of rotatable bonds is 7. The fourth-order valence-electron chi connectivity index (χ4n) is 2.12. The first-order chi connectivity index (χ1) is 12.4. The topological polar surface area (TPSA) is 53.5 Å². The number of aromatic amines is 1. The molecule has 140 valence electrons. The summed E-state index contributed by atoms with van der Waals surface area (Å²) in [6.45, 7) is 12.7. The molecule has 0 aliphatic rings. The van der Waals surface area contributed by atoms with Gasteiger partial charge in [0.2, 0.25) is 0 Å². The van der Waals surface area contributed by atoms with E-state index in [4.69, 9.17) is 4.74 Å². The third-order valence-corrected chi connectivity index (χ3v) is 3.73. The molecule has 0 saturated carbocycles. The quantitative estimate of drug-likeness (QED) is 0.385. The maximum Gasteiger partial charge on any atom is 0.138 e. The van der Waals surface area contributed by atoms with Crippen molar-refractivity contribution in [2.75, 3.05) is 21.2 Å². The number of imidazole rings is 1. The average Bonchev–Trinajstić information content (AvgIpc) is 3.06. The summed E-state index contributed by atoms with van der Waals surface area (Å²) in [5.41, 5.74) is 4.35. The van der Waals surface area contributed by atoms with E-state index in [0.717, 1.165) is 32.2 Å². The second kappa shape index (κ2) is 10.7. The molecule has 1 heterocycles. The predicted molar refractivity (Wildman–Crippen MR) is 116 cm³/mol. The Morgan fingerprint density at radius 1 is 1.35 bits per heavy atom. The Morgan fingerprint density at radius 2 is 2.04 bits per heavy atom. The first-order valence-electron chi connectivity index (χ1n) is 8.36. The lowest BCUT2D eigenvalue weighted by atomic mass is 10.1. The minimum Gasteiger partial charge on any atom is -0.380 e. The number of H-pyrrole nitrogens is 1. The molecule has 2 aromatic rings. The third kappa shape index (κ3) is 5.97. The molecule has 5 nitrogen and oxygen atoms in total. The van der Waals surface area contributed by atoms with Crippen molar-refractivity contribution in [3.05, 3.63) is 58.9 Å². The Balaban J connectivity index is 0.00000163. The van der Waals surface area contributed by atoms with Gasteiger partial charge in [0.1, 0.15) is 5.82 Å². The molecule has 0 spiro atoms. The van der Waals surface area contributed by atoms with Crippen LogP contribution in [0.4, 0.5) is 0 Å². The second-order valence-corrected chi connectivity index (χ2v) is 6.37. The van der Waals surface area contributed by atoms with Crippen molar-refractivity contribution in [3.63, 3.8) is 0 Å². The first-order valence-corrected chi connectivity index (χ1v) is 9.15. The fourth-order valence-corrected chi connectivity index (χ4v) is 2.49. The summed E-state index contributed by atoms with van der Waals surface area (Å²) in [6.07, 6.45) is 3.56. The van der Waals surface area contributed by atoms with E-state index < -0.39 is 0 Å². The number of nitrogens with one attached hydrogen (secondary N) is 1. The zero-order chi connectivity index (χ0) is 19.7. The monoisotopic (exact) mass is 418 g/mol. The molecule has 1 aromatic heterocycles. The molecule has 2 rings (SSSR count). The van der Waals surface area contributed by atoms with Crippen LogP contribution in [-0.2, 0) is 11.3 Å². The number of allylic oxidation sites excluding steroid dienone is 4. The molecular formula is C20H27BrN4O. The van der Waals surface area contributed by atoms with E-state index in [0.29, 0.717) is 12.4 Å². The molecule has 0 saturated heterocycles. The van der Waals surface area contributed by atoms with E-state index in [1.807, 2.05) is 52.2 Å². The number of halogens is 1. The van der Waals surface area contributed by atoms with Gasteiger partial charge in [0.15, 0.2) is 0 Å². The normalized spacial score (nSPS) is 11.4. The summed E-state index contributed by atoms with van der Waals surface area (Å²) >= 11 is 3.45. The van der Waals surface area contributed by atoms with Gasteiger partial charge >= 0.3 is 0 Å². The average molecular weight is 419 g/mol. The van der Waals surface area contributed by atoms with Crippen LogP contribution in [-0.4, -0.2) is 42.4 Å². The van der Waals surface area contributed by atoms with E-state index in [9.17, 15) is 0 Å². The maximum absolute atomic E-state index is 5.22. The van der Waals surface area contributed by atoms with Gasteiger partial charge in [-0.3, -0.25) is 0 Å². The van der Waals surface area contributed by atoms with Gasteiger partial charge in [-0.15, -0.1) is 0 Å². The summed E-state index contributed by atoms with van der Waals surface area (Å²) in [5.74, 6) is 0.694. The maximum atomic E-state index is 5.22. The number of hydrogen-bond donors (Lipinski definition) is 1. The van der Waals surface area contributed by atoms with Crippen LogP contribution in [0.5, 0.6) is 0 Å². The zero-order valence-corrected chi connectivity index (χ0v) is 17.7. The number of hydrogen-bond acceptors (Lipinski definition) is 4. The fraction of sp³-hybridized carbons (Fsp3) is 0.300. The largest absolute Gasteiger partial charge is 0.380 e.